The Morgan fingerprint density at radius 1 is 1.25 bits per heavy atom. The monoisotopic (exact) mass is 238 g/mol. The van der Waals surface area contributed by atoms with E-state index in [9.17, 15) is 13.2 Å². The molecule has 0 radical (unpaired) electrons. The average molecular weight is 238 g/mol. The van der Waals surface area contributed by atoms with Crippen LogP contribution in [0.1, 0.15) is 39.5 Å². The zero-order chi connectivity index (χ0) is 12.4. The van der Waals surface area contributed by atoms with E-state index in [1.54, 1.807) is 4.90 Å². The van der Waals surface area contributed by atoms with Crippen LogP contribution in [0.2, 0.25) is 0 Å². The average Bonchev–Trinajstić information content (AvgIpc) is 2.78. The minimum Gasteiger partial charge on any atom is -0.326 e. The molecule has 1 aliphatic rings. The van der Waals surface area contributed by atoms with Gasteiger partial charge >= 0.3 is 6.18 Å². The van der Waals surface area contributed by atoms with Crippen molar-refractivity contribution in [1.82, 2.24) is 4.90 Å². The molecule has 0 spiro atoms. The van der Waals surface area contributed by atoms with Gasteiger partial charge in [-0.1, -0.05) is 0 Å². The van der Waals surface area contributed by atoms with Gasteiger partial charge in [0.25, 0.3) is 0 Å². The molecule has 0 aromatic rings. The van der Waals surface area contributed by atoms with Gasteiger partial charge in [0.2, 0.25) is 0 Å². The van der Waals surface area contributed by atoms with E-state index in [2.05, 4.69) is 0 Å². The van der Waals surface area contributed by atoms with Crippen LogP contribution in [-0.2, 0) is 0 Å². The van der Waals surface area contributed by atoms with E-state index in [-0.39, 0.29) is 11.6 Å². The van der Waals surface area contributed by atoms with Gasteiger partial charge < -0.3 is 5.73 Å². The Morgan fingerprint density at radius 2 is 1.81 bits per heavy atom. The molecule has 2 N–H and O–H groups in total. The second-order valence-corrected chi connectivity index (χ2v) is 5.41. The molecule has 0 aliphatic heterocycles. The topological polar surface area (TPSA) is 29.3 Å². The van der Waals surface area contributed by atoms with Gasteiger partial charge in [-0.15, -0.1) is 0 Å². The SMILES string of the molecule is CC(C)(N)CCCN(CC(F)(F)F)C1CC1. The highest BCUT2D eigenvalue weighted by molar-refractivity contribution is 4.86. The van der Waals surface area contributed by atoms with Crippen LogP contribution in [0.25, 0.3) is 0 Å². The van der Waals surface area contributed by atoms with Gasteiger partial charge in [0.15, 0.2) is 0 Å². The van der Waals surface area contributed by atoms with Gasteiger partial charge in [0, 0.05) is 11.6 Å². The molecular formula is C11H21F3N2. The highest BCUT2D eigenvalue weighted by Crippen LogP contribution is 2.30. The standard InChI is InChI=1S/C11H21F3N2/c1-10(2,15)6-3-7-16(9-4-5-9)8-11(12,13)14/h9H,3-8,15H2,1-2H3. The van der Waals surface area contributed by atoms with Gasteiger partial charge in [0.1, 0.15) is 0 Å². The molecule has 1 fully saturated rings. The highest BCUT2D eigenvalue weighted by atomic mass is 19.4. The van der Waals surface area contributed by atoms with E-state index in [0.29, 0.717) is 6.54 Å². The summed E-state index contributed by atoms with van der Waals surface area (Å²) in [5.41, 5.74) is 5.52. The van der Waals surface area contributed by atoms with Crippen LogP contribution in [0, 0.1) is 0 Å². The molecule has 0 heterocycles. The fraction of sp³-hybridized carbons (Fsp3) is 1.00. The Labute approximate surface area is 95.0 Å². The first kappa shape index (κ1) is 13.8. The maximum atomic E-state index is 12.3. The number of nitrogens with zero attached hydrogens (tertiary/aromatic N) is 1. The predicted octanol–water partition coefficient (Wildman–Crippen LogP) is 2.53. The zero-order valence-electron chi connectivity index (χ0n) is 9.98. The summed E-state index contributed by atoms with van der Waals surface area (Å²) in [4.78, 5) is 1.55. The molecule has 0 amide bonds. The molecule has 0 saturated heterocycles. The smallest absolute Gasteiger partial charge is 0.326 e. The van der Waals surface area contributed by atoms with Crippen LogP contribution in [0.3, 0.4) is 0 Å². The molecule has 1 rings (SSSR count). The molecule has 16 heavy (non-hydrogen) atoms. The van der Waals surface area contributed by atoms with Crippen molar-refractivity contribution >= 4 is 0 Å². The maximum Gasteiger partial charge on any atom is 0.401 e. The van der Waals surface area contributed by atoms with Gasteiger partial charge in [0.05, 0.1) is 6.54 Å². The fourth-order valence-electron chi connectivity index (χ4n) is 1.80. The molecule has 0 bridgehead atoms. The number of hydrogen-bond donors (Lipinski definition) is 1. The Balaban J connectivity index is 2.29. The van der Waals surface area contributed by atoms with Crippen molar-refractivity contribution < 1.29 is 13.2 Å². The normalized spacial score (nSPS) is 18.2. The molecular weight excluding hydrogens is 217 g/mol. The molecule has 5 heteroatoms. The number of nitrogens with two attached hydrogens (primary N) is 1. The lowest BCUT2D eigenvalue weighted by molar-refractivity contribution is -0.147. The minimum absolute atomic E-state index is 0.155. The molecule has 0 unspecified atom stereocenters. The molecule has 0 aromatic heterocycles. The van der Waals surface area contributed by atoms with Gasteiger partial charge in [-0.2, -0.15) is 13.2 Å². The van der Waals surface area contributed by atoms with E-state index in [0.717, 1.165) is 25.7 Å². The van der Waals surface area contributed by atoms with Crippen molar-refractivity contribution in [2.75, 3.05) is 13.1 Å². The summed E-state index contributed by atoms with van der Waals surface area (Å²) in [6.07, 6.45) is -0.783. The lowest BCUT2D eigenvalue weighted by atomic mass is 10.00. The fourth-order valence-corrected chi connectivity index (χ4v) is 1.80. The van der Waals surface area contributed by atoms with Crippen LogP contribution in [0.15, 0.2) is 0 Å². The number of rotatable bonds is 6. The lowest BCUT2D eigenvalue weighted by Gasteiger charge is -2.25. The van der Waals surface area contributed by atoms with Crippen LogP contribution in [0.5, 0.6) is 0 Å². The molecule has 2 nitrogen and oxygen atoms in total. The Kier molecular flexibility index (Phi) is 4.23. The first-order chi connectivity index (χ1) is 7.17. The maximum absolute atomic E-state index is 12.3. The summed E-state index contributed by atoms with van der Waals surface area (Å²) in [5.74, 6) is 0. The molecule has 1 aliphatic carbocycles. The van der Waals surface area contributed by atoms with Crippen molar-refractivity contribution in [2.45, 2.75) is 57.3 Å². The third-order valence-electron chi connectivity index (χ3n) is 2.71. The van der Waals surface area contributed by atoms with Crippen LogP contribution < -0.4 is 5.73 Å². The second kappa shape index (κ2) is 4.92. The lowest BCUT2D eigenvalue weighted by Crippen LogP contribution is -2.38. The van der Waals surface area contributed by atoms with Crippen molar-refractivity contribution in [1.29, 1.82) is 0 Å². The Hall–Kier alpha value is -0.290. The van der Waals surface area contributed by atoms with E-state index in [4.69, 9.17) is 5.73 Å². The zero-order valence-corrected chi connectivity index (χ0v) is 9.98. The summed E-state index contributed by atoms with van der Waals surface area (Å²) in [5, 5.41) is 0. The third kappa shape index (κ3) is 6.33. The summed E-state index contributed by atoms with van der Waals surface area (Å²) in [6, 6.07) is 0.155. The van der Waals surface area contributed by atoms with Crippen molar-refractivity contribution in [2.24, 2.45) is 5.73 Å². The van der Waals surface area contributed by atoms with E-state index < -0.39 is 12.7 Å². The number of alkyl halides is 3. The molecule has 1 saturated carbocycles. The van der Waals surface area contributed by atoms with Gasteiger partial charge in [-0.05, 0) is 46.1 Å². The second-order valence-electron chi connectivity index (χ2n) is 5.41. The first-order valence-corrected chi connectivity index (χ1v) is 5.77. The van der Waals surface area contributed by atoms with Crippen molar-refractivity contribution in [3.05, 3.63) is 0 Å². The molecule has 96 valence electrons. The highest BCUT2D eigenvalue weighted by Gasteiger charge is 2.37. The van der Waals surface area contributed by atoms with Crippen LogP contribution in [0.4, 0.5) is 13.2 Å². The van der Waals surface area contributed by atoms with E-state index in [1.807, 2.05) is 13.8 Å². The predicted molar refractivity (Wildman–Crippen MR) is 58.2 cm³/mol. The Bertz CT molecular complexity index is 216. The van der Waals surface area contributed by atoms with Crippen LogP contribution >= 0.6 is 0 Å². The number of hydrogen-bond acceptors (Lipinski definition) is 2. The molecule has 0 atom stereocenters. The molecule has 0 aromatic carbocycles. The summed E-state index contributed by atoms with van der Waals surface area (Å²) >= 11 is 0. The van der Waals surface area contributed by atoms with Gasteiger partial charge in [-0.3, -0.25) is 4.90 Å². The van der Waals surface area contributed by atoms with Crippen molar-refractivity contribution in [3.63, 3.8) is 0 Å². The van der Waals surface area contributed by atoms with Gasteiger partial charge in [-0.25, -0.2) is 0 Å². The minimum atomic E-state index is -4.08. The van der Waals surface area contributed by atoms with E-state index >= 15 is 0 Å². The van der Waals surface area contributed by atoms with Crippen LogP contribution in [-0.4, -0.2) is 35.7 Å². The third-order valence-corrected chi connectivity index (χ3v) is 2.71. The summed E-state index contributed by atoms with van der Waals surface area (Å²) in [7, 11) is 0. The summed E-state index contributed by atoms with van der Waals surface area (Å²) < 4.78 is 36.9. The summed E-state index contributed by atoms with van der Waals surface area (Å²) in [6.45, 7) is 3.53. The largest absolute Gasteiger partial charge is 0.401 e. The number of halogens is 3. The van der Waals surface area contributed by atoms with E-state index in [1.165, 1.54) is 0 Å². The quantitative estimate of drug-likeness (QED) is 0.770. The Morgan fingerprint density at radius 3 is 2.19 bits per heavy atom. The first-order valence-electron chi connectivity index (χ1n) is 5.77. The van der Waals surface area contributed by atoms with Crippen molar-refractivity contribution in [3.8, 4) is 0 Å².